The molecule has 11 heavy (non-hydrogen) atoms. The lowest BCUT2D eigenvalue weighted by molar-refractivity contribution is 0.000673. The summed E-state index contributed by atoms with van der Waals surface area (Å²) >= 11 is 0. The van der Waals surface area contributed by atoms with E-state index in [-0.39, 0.29) is 5.60 Å². The highest BCUT2D eigenvalue weighted by Gasteiger charge is 2.26. The normalized spacial score (nSPS) is 21.8. The Labute approximate surface area is 69.8 Å². The van der Waals surface area contributed by atoms with E-state index in [9.17, 15) is 5.11 Å². The molecule has 0 aromatic carbocycles. The van der Waals surface area contributed by atoms with Gasteiger partial charge in [-0.25, -0.2) is 0 Å². The van der Waals surface area contributed by atoms with Gasteiger partial charge in [-0.1, -0.05) is 26.2 Å². The van der Waals surface area contributed by atoms with E-state index in [0.717, 1.165) is 19.3 Å². The molecule has 3 N–H and O–H groups in total. The van der Waals surface area contributed by atoms with E-state index in [1.807, 2.05) is 0 Å². The molecule has 0 heterocycles. The highest BCUT2D eigenvalue weighted by molar-refractivity contribution is 4.79. The molecule has 68 valence electrons. The van der Waals surface area contributed by atoms with Crippen LogP contribution in [0, 0.1) is 0 Å². The molecule has 0 amide bonds. The van der Waals surface area contributed by atoms with Crippen LogP contribution in [0.5, 0.6) is 0 Å². The summed E-state index contributed by atoms with van der Waals surface area (Å²) in [5, 5.41) is 9.68. The van der Waals surface area contributed by atoms with Crippen molar-refractivity contribution in [2.24, 2.45) is 5.73 Å². The van der Waals surface area contributed by atoms with E-state index in [2.05, 4.69) is 12.7 Å². The van der Waals surface area contributed by atoms with Gasteiger partial charge in [0.2, 0.25) is 0 Å². The van der Waals surface area contributed by atoms with Gasteiger partial charge in [-0.05, 0) is 26.3 Å². The van der Waals surface area contributed by atoms with Crippen molar-refractivity contribution in [3.05, 3.63) is 0 Å². The summed E-state index contributed by atoms with van der Waals surface area (Å²) in [5.74, 6) is 0. The molecule has 1 fully saturated rings. The van der Waals surface area contributed by atoms with Crippen LogP contribution in [-0.2, 0) is 0 Å². The molecule has 1 aliphatic rings. The number of rotatable bonds is 1. The second-order valence-electron chi connectivity index (χ2n) is 3.14. The van der Waals surface area contributed by atoms with Crippen LogP contribution in [0.1, 0.15) is 45.4 Å². The minimum absolute atomic E-state index is 0.280. The zero-order valence-corrected chi connectivity index (χ0v) is 7.77. The van der Waals surface area contributed by atoms with Crippen LogP contribution in [0.15, 0.2) is 0 Å². The fourth-order valence-electron chi connectivity index (χ4n) is 1.56. The molecule has 2 heteroatoms. The predicted octanol–water partition coefficient (Wildman–Crippen LogP) is 1.67. The Morgan fingerprint density at radius 1 is 1.18 bits per heavy atom. The first-order valence-electron chi connectivity index (χ1n) is 4.57. The maximum absolute atomic E-state index is 9.68. The van der Waals surface area contributed by atoms with Crippen LogP contribution in [-0.4, -0.2) is 17.8 Å². The van der Waals surface area contributed by atoms with Crippen molar-refractivity contribution in [2.45, 2.75) is 51.0 Å². The standard InChI is InChI=1S/C8H16O.CH5N/c1-2-8(9)6-4-3-5-7-8;1-2/h9H,2-7H2,1H3;2H2,1H3. The molecule has 0 atom stereocenters. The molecule has 0 radical (unpaired) electrons. The van der Waals surface area contributed by atoms with Gasteiger partial charge >= 0.3 is 0 Å². The van der Waals surface area contributed by atoms with Crippen molar-refractivity contribution < 1.29 is 5.11 Å². The van der Waals surface area contributed by atoms with Gasteiger partial charge in [-0.3, -0.25) is 0 Å². The molecular formula is C9H21NO. The smallest absolute Gasteiger partial charge is 0.0645 e. The highest BCUT2D eigenvalue weighted by atomic mass is 16.3. The Kier molecular flexibility index (Phi) is 5.51. The lowest BCUT2D eigenvalue weighted by Gasteiger charge is -2.30. The minimum atomic E-state index is -0.280. The quantitative estimate of drug-likeness (QED) is 0.611. The summed E-state index contributed by atoms with van der Waals surface area (Å²) in [5.41, 5.74) is 4.22. The number of hydrogen-bond donors (Lipinski definition) is 2. The summed E-state index contributed by atoms with van der Waals surface area (Å²) in [7, 11) is 1.50. The summed E-state index contributed by atoms with van der Waals surface area (Å²) in [4.78, 5) is 0. The van der Waals surface area contributed by atoms with Gasteiger partial charge in [0, 0.05) is 0 Å². The topological polar surface area (TPSA) is 46.2 Å². The monoisotopic (exact) mass is 159 g/mol. The first-order chi connectivity index (χ1) is 5.27. The predicted molar refractivity (Wildman–Crippen MR) is 48.4 cm³/mol. The average Bonchev–Trinajstić information content (AvgIpc) is 2.10. The van der Waals surface area contributed by atoms with Crippen molar-refractivity contribution in [2.75, 3.05) is 7.05 Å². The first-order valence-corrected chi connectivity index (χ1v) is 4.57. The SMILES string of the molecule is CCC1(O)CCCCC1.CN. The third-order valence-electron chi connectivity index (χ3n) is 2.44. The van der Waals surface area contributed by atoms with Crippen LogP contribution >= 0.6 is 0 Å². The van der Waals surface area contributed by atoms with Crippen LogP contribution < -0.4 is 5.73 Å². The van der Waals surface area contributed by atoms with Crippen LogP contribution in [0.25, 0.3) is 0 Å². The van der Waals surface area contributed by atoms with E-state index in [0.29, 0.717) is 0 Å². The second kappa shape index (κ2) is 5.56. The van der Waals surface area contributed by atoms with E-state index in [4.69, 9.17) is 0 Å². The van der Waals surface area contributed by atoms with Crippen LogP contribution in [0.4, 0.5) is 0 Å². The lowest BCUT2D eigenvalue weighted by atomic mass is 9.83. The minimum Gasteiger partial charge on any atom is -0.390 e. The molecule has 2 nitrogen and oxygen atoms in total. The maximum atomic E-state index is 9.68. The van der Waals surface area contributed by atoms with E-state index < -0.39 is 0 Å². The van der Waals surface area contributed by atoms with Crippen molar-refractivity contribution in [1.29, 1.82) is 0 Å². The average molecular weight is 159 g/mol. The van der Waals surface area contributed by atoms with E-state index in [1.165, 1.54) is 26.3 Å². The molecule has 0 saturated heterocycles. The molecule has 1 saturated carbocycles. The van der Waals surface area contributed by atoms with Crippen LogP contribution in [0.3, 0.4) is 0 Å². The lowest BCUT2D eigenvalue weighted by Crippen LogP contribution is -2.29. The summed E-state index contributed by atoms with van der Waals surface area (Å²) in [6, 6.07) is 0. The molecule has 1 rings (SSSR count). The Morgan fingerprint density at radius 2 is 1.64 bits per heavy atom. The number of nitrogens with two attached hydrogens (primary N) is 1. The zero-order chi connectivity index (χ0) is 8.74. The highest BCUT2D eigenvalue weighted by Crippen LogP contribution is 2.30. The van der Waals surface area contributed by atoms with Crippen molar-refractivity contribution in [1.82, 2.24) is 0 Å². The van der Waals surface area contributed by atoms with Gasteiger partial charge in [0.15, 0.2) is 0 Å². The van der Waals surface area contributed by atoms with Gasteiger partial charge in [-0.15, -0.1) is 0 Å². The molecule has 0 aromatic heterocycles. The fraction of sp³-hybridized carbons (Fsp3) is 1.00. The molecule has 1 aliphatic carbocycles. The van der Waals surface area contributed by atoms with Gasteiger partial charge in [-0.2, -0.15) is 0 Å². The number of hydrogen-bond acceptors (Lipinski definition) is 2. The van der Waals surface area contributed by atoms with Gasteiger partial charge in [0.25, 0.3) is 0 Å². The Hall–Kier alpha value is -0.0800. The summed E-state index contributed by atoms with van der Waals surface area (Å²) in [6.07, 6.45) is 6.77. The zero-order valence-electron chi connectivity index (χ0n) is 7.77. The van der Waals surface area contributed by atoms with Gasteiger partial charge < -0.3 is 10.8 Å². The Morgan fingerprint density at radius 3 is 1.91 bits per heavy atom. The van der Waals surface area contributed by atoms with Gasteiger partial charge in [0.1, 0.15) is 0 Å². The van der Waals surface area contributed by atoms with Crippen molar-refractivity contribution in [3.8, 4) is 0 Å². The molecular weight excluding hydrogens is 138 g/mol. The molecule has 0 aromatic rings. The van der Waals surface area contributed by atoms with Crippen molar-refractivity contribution >= 4 is 0 Å². The largest absolute Gasteiger partial charge is 0.390 e. The Balaban J connectivity index is 0.000000461. The fourth-order valence-corrected chi connectivity index (χ4v) is 1.56. The molecule has 0 spiro atoms. The first kappa shape index (κ1) is 10.9. The molecule has 0 unspecified atom stereocenters. The third-order valence-corrected chi connectivity index (χ3v) is 2.44. The third kappa shape index (κ3) is 3.73. The summed E-state index contributed by atoms with van der Waals surface area (Å²) in [6.45, 7) is 2.07. The maximum Gasteiger partial charge on any atom is 0.0645 e. The van der Waals surface area contributed by atoms with E-state index >= 15 is 0 Å². The number of aliphatic hydroxyl groups is 1. The second-order valence-corrected chi connectivity index (χ2v) is 3.14. The van der Waals surface area contributed by atoms with E-state index in [1.54, 1.807) is 0 Å². The Bertz CT molecular complexity index is 87.6. The van der Waals surface area contributed by atoms with Crippen LogP contribution in [0.2, 0.25) is 0 Å². The summed E-state index contributed by atoms with van der Waals surface area (Å²) < 4.78 is 0. The van der Waals surface area contributed by atoms with Crippen molar-refractivity contribution in [3.63, 3.8) is 0 Å². The molecule has 0 bridgehead atoms. The molecule has 0 aliphatic heterocycles. The van der Waals surface area contributed by atoms with Gasteiger partial charge in [0.05, 0.1) is 5.60 Å².